The fraction of sp³-hybridized carbons (Fsp3) is 0.533. The fourth-order valence-corrected chi connectivity index (χ4v) is 2.47. The lowest BCUT2D eigenvalue weighted by Gasteiger charge is -2.18. The van der Waals surface area contributed by atoms with Gasteiger partial charge in [-0.2, -0.15) is 11.8 Å². The predicted molar refractivity (Wildman–Crippen MR) is 86.8 cm³/mol. The Morgan fingerprint density at radius 1 is 1.45 bits per heavy atom. The molecule has 0 radical (unpaired) electrons. The van der Waals surface area contributed by atoms with Gasteiger partial charge in [-0.15, -0.1) is 0 Å². The molecule has 0 saturated carbocycles. The van der Waals surface area contributed by atoms with Gasteiger partial charge in [0.1, 0.15) is 5.75 Å². The van der Waals surface area contributed by atoms with E-state index in [-0.39, 0.29) is 10.7 Å². The van der Waals surface area contributed by atoms with Gasteiger partial charge in [-0.1, -0.05) is 38.4 Å². The molecule has 5 heteroatoms. The normalized spacial score (nSPS) is 12.8. The van der Waals surface area contributed by atoms with Crippen LogP contribution < -0.4 is 10.1 Å². The van der Waals surface area contributed by atoms with Gasteiger partial charge in [0.2, 0.25) is 0 Å². The van der Waals surface area contributed by atoms with Crippen molar-refractivity contribution in [2.45, 2.75) is 38.5 Å². The predicted octanol–water partition coefficient (Wildman–Crippen LogP) is 3.76. The van der Waals surface area contributed by atoms with Gasteiger partial charge in [0.15, 0.2) is 6.10 Å². The van der Waals surface area contributed by atoms with Crippen LogP contribution in [0.4, 0.5) is 0 Å². The molecule has 1 rings (SSSR count). The highest BCUT2D eigenvalue weighted by molar-refractivity contribution is 8.00. The van der Waals surface area contributed by atoms with E-state index in [2.05, 4.69) is 26.1 Å². The second kappa shape index (κ2) is 7.79. The van der Waals surface area contributed by atoms with Crippen molar-refractivity contribution >= 4 is 29.3 Å². The quantitative estimate of drug-likeness (QED) is 0.812. The second-order valence-corrected chi connectivity index (χ2v) is 7.83. The molecule has 0 bridgehead atoms. The van der Waals surface area contributed by atoms with Gasteiger partial charge in [-0.05, 0) is 25.1 Å². The minimum Gasteiger partial charge on any atom is -0.481 e. The molecule has 0 aromatic heterocycles. The summed E-state index contributed by atoms with van der Waals surface area (Å²) >= 11 is 7.69. The van der Waals surface area contributed by atoms with Crippen LogP contribution in [-0.2, 0) is 4.79 Å². The Morgan fingerprint density at radius 2 is 2.15 bits per heavy atom. The monoisotopic (exact) mass is 315 g/mol. The number of amides is 1. The molecule has 0 aliphatic rings. The van der Waals surface area contributed by atoms with Gasteiger partial charge in [0.05, 0.1) is 0 Å². The molecule has 0 aliphatic heterocycles. The fourth-order valence-electron chi connectivity index (χ4n) is 1.47. The number of thioether (sulfide) groups is 1. The first-order valence-electron chi connectivity index (χ1n) is 6.62. The molecule has 1 aromatic carbocycles. The van der Waals surface area contributed by atoms with E-state index in [0.717, 1.165) is 5.75 Å². The molecule has 0 spiro atoms. The largest absolute Gasteiger partial charge is 0.481 e. The van der Waals surface area contributed by atoms with E-state index >= 15 is 0 Å². The summed E-state index contributed by atoms with van der Waals surface area (Å²) in [5, 5.41) is 3.47. The van der Waals surface area contributed by atoms with Gasteiger partial charge < -0.3 is 10.1 Å². The van der Waals surface area contributed by atoms with E-state index in [1.165, 1.54) is 0 Å². The highest BCUT2D eigenvalue weighted by Crippen LogP contribution is 2.22. The van der Waals surface area contributed by atoms with Crippen molar-refractivity contribution in [1.82, 2.24) is 5.32 Å². The van der Waals surface area contributed by atoms with Crippen molar-refractivity contribution in [3.8, 4) is 5.75 Å². The number of ether oxygens (including phenoxy) is 1. The minimum absolute atomic E-state index is 0.112. The number of hydrogen-bond donors (Lipinski definition) is 1. The average Bonchev–Trinajstić information content (AvgIpc) is 2.33. The number of benzene rings is 1. The van der Waals surface area contributed by atoms with Crippen molar-refractivity contribution in [3.05, 3.63) is 29.3 Å². The maximum Gasteiger partial charge on any atom is 0.260 e. The Labute approximate surface area is 130 Å². The van der Waals surface area contributed by atoms with Crippen LogP contribution in [0.2, 0.25) is 5.02 Å². The summed E-state index contributed by atoms with van der Waals surface area (Å²) in [6, 6.07) is 7.04. The maximum absolute atomic E-state index is 11.9. The van der Waals surface area contributed by atoms with Crippen LogP contribution in [0.25, 0.3) is 0 Å². The maximum atomic E-state index is 11.9. The van der Waals surface area contributed by atoms with Crippen LogP contribution in [-0.4, -0.2) is 29.1 Å². The minimum atomic E-state index is -0.534. The Morgan fingerprint density at radius 3 is 2.75 bits per heavy atom. The van der Waals surface area contributed by atoms with Crippen molar-refractivity contribution in [3.63, 3.8) is 0 Å². The Bertz CT molecular complexity index is 446. The molecule has 1 amide bonds. The third-order valence-corrected chi connectivity index (χ3v) is 3.92. The number of halogens is 1. The van der Waals surface area contributed by atoms with Crippen LogP contribution in [0.1, 0.15) is 27.7 Å². The van der Waals surface area contributed by atoms with Crippen molar-refractivity contribution in [2.75, 3.05) is 12.3 Å². The lowest BCUT2D eigenvalue weighted by molar-refractivity contribution is -0.127. The summed E-state index contributed by atoms with van der Waals surface area (Å²) in [5.41, 5.74) is 0. The average molecular weight is 316 g/mol. The number of carbonyl (C=O) groups excluding carboxylic acids is 1. The molecule has 3 nitrogen and oxygen atoms in total. The Hall–Kier alpha value is -0.870. The molecule has 1 aromatic rings. The first-order valence-corrected chi connectivity index (χ1v) is 7.98. The van der Waals surface area contributed by atoms with Crippen molar-refractivity contribution in [2.24, 2.45) is 0 Å². The smallest absolute Gasteiger partial charge is 0.260 e. The highest BCUT2D eigenvalue weighted by Gasteiger charge is 2.15. The van der Waals surface area contributed by atoms with Crippen LogP contribution in [0, 0.1) is 0 Å². The highest BCUT2D eigenvalue weighted by atomic mass is 35.5. The summed E-state index contributed by atoms with van der Waals surface area (Å²) in [6.45, 7) is 8.84. The molecule has 112 valence electrons. The standard InChI is InChI=1S/C15H22ClNO2S/c1-11(19-13-7-5-6-12(16)10-13)14(18)17-8-9-20-15(2,3)4/h5-7,10-11H,8-9H2,1-4H3,(H,17,18)/t11-/m1/s1. The number of hydrogen-bond acceptors (Lipinski definition) is 3. The number of nitrogens with one attached hydrogen (secondary N) is 1. The molecule has 1 N–H and O–H groups in total. The van der Waals surface area contributed by atoms with Crippen molar-refractivity contribution in [1.29, 1.82) is 0 Å². The molecule has 20 heavy (non-hydrogen) atoms. The zero-order valence-corrected chi connectivity index (χ0v) is 14.0. The van der Waals surface area contributed by atoms with Crippen molar-refractivity contribution < 1.29 is 9.53 Å². The molecule has 0 aliphatic carbocycles. The molecular formula is C15H22ClNO2S. The van der Waals surface area contributed by atoms with Gasteiger partial charge >= 0.3 is 0 Å². The molecule has 0 unspecified atom stereocenters. The topological polar surface area (TPSA) is 38.3 Å². The van der Waals surface area contributed by atoms with E-state index in [9.17, 15) is 4.79 Å². The summed E-state index contributed by atoms with van der Waals surface area (Å²) in [4.78, 5) is 11.9. The first-order chi connectivity index (χ1) is 9.28. The van der Waals surface area contributed by atoms with E-state index < -0.39 is 6.10 Å². The van der Waals surface area contributed by atoms with E-state index in [1.54, 1.807) is 31.2 Å². The van der Waals surface area contributed by atoms with Gasteiger partial charge in [0, 0.05) is 22.1 Å². The van der Waals surface area contributed by atoms with Gasteiger partial charge in [0.25, 0.3) is 5.91 Å². The first kappa shape index (κ1) is 17.2. The van der Waals surface area contributed by atoms with E-state index in [1.807, 2.05) is 11.8 Å². The Kier molecular flexibility index (Phi) is 6.69. The zero-order valence-electron chi connectivity index (χ0n) is 12.4. The summed E-state index contributed by atoms with van der Waals surface area (Å²) < 4.78 is 5.77. The SMILES string of the molecule is C[C@@H](Oc1cccc(Cl)c1)C(=O)NCCSC(C)(C)C. The summed E-state index contributed by atoms with van der Waals surface area (Å²) in [5.74, 6) is 1.38. The molecular weight excluding hydrogens is 294 g/mol. The third kappa shape index (κ3) is 7.06. The molecule has 0 fully saturated rings. The summed E-state index contributed by atoms with van der Waals surface area (Å²) in [6.07, 6.45) is -0.534. The molecule has 0 heterocycles. The zero-order chi connectivity index (χ0) is 15.2. The molecule has 0 saturated heterocycles. The van der Waals surface area contributed by atoms with Crippen LogP contribution in [0.3, 0.4) is 0 Å². The lowest BCUT2D eigenvalue weighted by Crippen LogP contribution is -2.37. The van der Waals surface area contributed by atoms with Crippen LogP contribution in [0.15, 0.2) is 24.3 Å². The van der Waals surface area contributed by atoms with Gasteiger partial charge in [-0.3, -0.25) is 4.79 Å². The molecule has 1 atom stereocenters. The van der Waals surface area contributed by atoms with Crippen LogP contribution >= 0.6 is 23.4 Å². The van der Waals surface area contributed by atoms with Gasteiger partial charge in [-0.25, -0.2) is 0 Å². The lowest BCUT2D eigenvalue weighted by atomic mass is 10.3. The number of carbonyl (C=O) groups is 1. The third-order valence-electron chi connectivity index (χ3n) is 2.41. The van der Waals surface area contributed by atoms with E-state index in [0.29, 0.717) is 17.3 Å². The number of rotatable bonds is 6. The Balaban J connectivity index is 2.32. The second-order valence-electron chi connectivity index (χ2n) is 5.47. The summed E-state index contributed by atoms with van der Waals surface area (Å²) in [7, 11) is 0. The van der Waals surface area contributed by atoms with E-state index in [4.69, 9.17) is 16.3 Å². The van der Waals surface area contributed by atoms with Crippen LogP contribution in [0.5, 0.6) is 5.75 Å².